The topological polar surface area (TPSA) is 69.2 Å². The molecule has 0 atom stereocenters. The monoisotopic (exact) mass is 232 g/mol. The van der Waals surface area contributed by atoms with Gasteiger partial charge in [-0.2, -0.15) is 0 Å². The van der Waals surface area contributed by atoms with Crippen molar-refractivity contribution in [1.29, 1.82) is 0 Å². The number of nitrogens with zero attached hydrogens (tertiary/aromatic N) is 2. The maximum absolute atomic E-state index is 11.9. The number of aromatic nitrogens is 2. The summed E-state index contributed by atoms with van der Waals surface area (Å²) in [7, 11) is 0. The third-order valence-corrected chi connectivity index (χ3v) is 3.16. The van der Waals surface area contributed by atoms with E-state index in [0.29, 0.717) is 28.2 Å². The molecule has 88 valence electrons. The van der Waals surface area contributed by atoms with Crippen LogP contribution in [0.4, 0.5) is 0 Å². The minimum atomic E-state index is -0.746. The van der Waals surface area contributed by atoms with E-state index < -0.39 is 11.4 Å². The third-order valence-electron chi connectivity index (χ3n) is 3.16. The Balaban J connectivity index is 2.34. The van der Waals surface area contributed by atoms with E-state index in [1.165, 1.54) is 4.57 Å². The Morgan fingerprint density at radius 3 is 2.82 bits per heavy atom. The molecule has 0 bridgehead atoms. The zero-order valence-electron chi connectivity index (χ0n) is 9.17. The van der Waals surface area contributed by atoms with Crippen LogP contribution in [-0.2, 0) is 6.54 Å². The molecule has 0 spiro atoms. The molecule has 1 N–H and O–H groups in total. The van der Waals surface area contributed by atoms with Crippen molar-refractivity contribution in [3.05, 3.63) is 39.8 Å². The molecule has 0 unspecified atom stereocenters. The first-order valence-corrected chi connectivity index (χ1v) is 5.62. The van der Waals surface area contributed by atoms with Crippen LogP contribution in [0, 0.1) is 11.1 Å². The lowest BCUT2D eigenvalue weighted by atomic mass is 10.3. The first kappa shape index (κ1) is 10.1. The highest BCUT2D eigenvalue weighted by Gasteiger charge is 2.26. The van der Waals surface area contributed by atoms with Crippen molar-refractivity contribution in [1.82, 2.24) is 4.57 Å². The Morgan fingerprint density at radius 1 is 1.41 bits per heavy atom. The molecular formula is C12H12N2O3. The van der Waals surface area contributed by atoms with E-state index in [1.54, 1.807) is 24.3 Å². The van der Waals surface area contributed by atoms with Crippen LogP contribution in [0.1, 0.15) is 12.8 Å². The van der Waals surface area contributed by atoms with Crippen molar-refractivity contribution in [2.75, 3.05) is 0 Å². The molecule has 1 aromatic heterocycles. The fourth-order valence-electron chi connectivity index (χ4n) is 2.04. The van der Waals surface area contributed by atoms with Gasteiger partial charge in [0.15, 0.2) is 0 Å². The minimum absolute atomic E-state index is 0.293. The van der Waals surface area contributed by atoms with Crippen molar-refractivity contribution in [3.8, 4) is 5.88 Å². The normalized spacial score (nSPS) is 15.3. The second-order valence-corrected chi connectivity index (χ2v) is 4.47. The number of benzene rings is 1. The van der Waals surface area contributed by atoms with Gasteiger partial charge in [-0.25, -0.2) is 0 Å². The molecule has 0 saturated heterocycles. The van der Waals surface area contributed by atoms with Crippen molar-refractivity contribution < 1.29 is 9.84 Å². The van der Waals surface area contributed by atoms with Gasteiger partial charge in [-0.05, 0) is 24.8 Å². The van der Waals surface area contributed by atoms with E-state index in [4.69, 9.17) is 0 Å². The van der Waals surface area contributed by atoms with Gasteiger partial charge >= 0.3 is 11.4 Å². The number of aromatic hydroxyl groups is 1. The Morgan fingerprint density at radius 2 is 2.12 bits per heavy atom. The minimum Gasteiger partial charge on any atom is -0.615 e. The summed E-state index contributed by atoms with van der Waals surface area (Å²) in [5.41, 5.74) is 0.299. The lowest BCUT2D eigenvalue weighted by molar-refractivity contribution is -0.587. The van der Waals surface area contributed by atoms with Gasteiger partial charge in [0, 0.05) is 12.6 Å². The second kappa shape index (κ2) is 3.48. The molecule has 1 heterocycles. The van der Waals surface area contributed by atoms with Gasteiger partial charge in [-0.15, -0.1) is 4.73 Å². The van der Waals surface area contributed by atoms with Crippen LogP contribution in [0.3, 0.4) is 0 Å². The average Bonchev–Trinajstić information content (AvgIpc) is 3.16. The summed E-state index contributed by atoms with van der Waals surface area (Å²) in [6.07, 6.45) is 2.21. The highest BCUT2D eigenvalue weighted by molar-refractivity contribution is 5.71. The van der Waals surface area contributed by atoms with Crippen LogP contribution in [0.25, 0.3) is 11.0 Å². The van der Waals surface area contributed by atoms with Crippen LogP contribution in [0.5, 0.6) is 5.88 Å². The van der Waals surface area contributed by atoms with E-state index in [9.17, 15) is 15.1 Å². The van der Waals surface area contributed by atoms with Crippen LogP contribution in [-0.4, -0.2) is 9.67 Å². The number of para-hydroxylation sites is 2. The molecule has 1 aliphatic carbocycles. The average molecular weight is 232 g/mol. The lowest BCUT2D eigenvalue weighted by Gasteiger charge is -2.10. The molecule has 2 aromatic rings. The van der Waals surface area contributed by atoms with E-state index in [0.717, 1.165) is 12.8 Å². The van der Waals surface area contributed by atoms with Gasteiger partial charge in [0.2, 0.25) is 5.52 Å². The van der Waals surface area contributed by atoms with Crippen LogP contribution < -0.4 is 10.3 Å². The lowest BCUT2D eigenvalue weighted by Crippen LogP contribution is -2.37. The summed E-state index contributed by atoms with van der Waals surface area (Å²) in [6, 6.07) is 6.82. The quantitative estimate of drug-likeness (QED) is 0.613. The number of rotatable bonds is 2. The predicted octanol–water partition coefficient (Wildman–Crippen LogP) is 0.751. The molecular weight excluding hydrogens is 220 g/mol. The molecule has 1 aromatic carbocycles. The molecule has 1 aliphatic rings. The predicted molar refractivity (Wildman–Crippen MR) is 61.6 cm³/mol. The molecule has 3 rings (SSSR count). The maximum atomic E-state index is 11.9. The fraction of sp³-hybridized carbons (Fsp3) is 0.333. The van der Waals surface area contributed by atoms with Gasteiger partial charge in [-0.3, -0.25) is 9.36 Å². The maximum Gasteiger partial charge on any atom is 0.445 e. The largest absolute Gasteiger partial charge is 0.615 e. The molecule has 1 saturated carbocycles. The van der Waals surface area contributed by atoms with Crippen molar-refractivity contribution in [3.63, 3.8) is 0 Å². The molecule has 5 nitrogen and oxygen atoms in total. The first-order valence-electron chi connectivity index (χ1n) is 5.62. The Labute approximate surface area is 97.1 Å². The molecule has 0 radical (unpaired) electrons. The molecule has 0 amide bonds. The zero-order chi connectivity index (χ0) is 12.0. The molecule has 1 fully saturated rings. The van der Waals surface area contributed by atoms with Crippen LogP contribution >= 0.6 is 0 Å². The standard InChI is InChI=1S/C12H12N2O3/c15-11-12(16)14(17)10-4-2-1-3-9(10)13(11)7-8-5-6-8/h1-4,8,16H,5-7H2. The number of hydrogen-bond donors (Lipinski definition) is 1. The van der Waals surface area contributed by atoms with E-state index in [1.807, 2.05) is 0 Å². The van der Waals surface area contributed by atoms with Gasteiger partial charge in [-0.1, -0.05) is 12.1 Å². The van der Waals surface area contributed by atoms with Gasteiger partial charge in [0.25, 0.3) is 0 Å². The van der Waals surface area contributed by atoms with Crippen molar-refractivity contribution in [2.45, 2.75) is 19.4 Å². The zero-order valence-corrected chi connectivity index (χ0v) is 9.17. The summed E-state index contributed by atoms with van der Waals surface area (Å²) in [5.74, 6) is -0.248. The van der Waals surface area contributed by atoms with Crippen LogP contribution in [0.2, 0.25) is 0 Å². The summed E-state index contributed by atoms with van der Waals surface area (Å²) in [6.45, 7) is 0.577. The SMILES string of the molecule is O=c1c(O)[n+]([O-])c2ccccc2n1CC1CC1. The smallest absolute Gasteiger partial charge is 0.445 e. The number of hydrogen-bond acceptors (Lipinski definition) is 3. The van der Waals surface area contributed by atoms with E-state index in [-0.39, 0.29) is 0 Å². The van der Waals surface area contributed by atoms with Gasteiger partial charge in [0.05, 0.1) is 0 Å². The van der Waals surface area contributed by atoms with Crippen molar-refractivity contribution >= 4 is 11.0 Å². The summed E-state index contributed by atoms with van der Waals surface area (Å²) in [5, 5.41) is 21.2. The summed E-state index contributed by atoms with van der Waals surface area (Å²) < 4.78 is 1.79. The second-order valence-electron chi connectivity index (χ2n) is 4.47. The molecule has 0 aliphatic heterocycles. The van der Waals surface area contributed by atoms with Crippen LogP contribution in [0.15, 0.2) is 29.1 Å². The number of fused-ring (bicyclic) bond motifs is 1. The Kier molecular flexibility index (Phi) is 2.07. The van der Waals surface area contributed by atoms with E-state index in [2.05, 4.69) is 0 Å². The van der Waals surface area contributed by atoms with Gasteiger partial charge < -0.3 is 10.3 Å². The fourth-order valence-corrected chi connectivity index (χ4v) is 2.04. The molecule has 5 heteroatoms. The first-order chi connectivity index (χ1) is 8.18. The highest BCUT2D eigenvalue weighted by atomic mass is 16.5. The van der Waals surface area contributed by atoms with Gasteiger partial charge in [0.1, 0.15) is 5.52 Å². The highest BCUT2D eigenvalue weighted by Crippen LogP contribution is 2.30. The summed E-state index contributed by atoms with van der Waals surface area (Å²) >= 11 is 0. The molecule has 17 heavy (non-hydrogen) atoms. The van der Waals surface area contributed by atoms with Crippen molar-refractivity contribution in [2.24, 2.45) is 5.92 Å². The Hall–Kier alpha value is -2.04. The Bertz CT molecular complexity index is 644. The third kappa shape index (κ3) is 1.54. The van der Waals surface area contributed by atoms with E-state index >= 15 is 0 Å². The summed E-state index contributed by atoms with van der Waals surface area (Å²) in [4.78, 5) is 11.9.